The summed E-state index contributed by atoms with van der Waals surface area (Å²) in [5.74, 6) is -1.80. The minimum absolute atomic E-state index is 0.0330. The molecule has 1 fully saturated rings. The van der Waals surface area contributed by atoms with Crippen LogP contribution in [0.5, 0.6) is 0 Å². The van der Waals surface area contributed by atoms with Gasteiger partial charge in [0.25, 0.3) is 5.91 Å². The van der Waals surface area contributed by atoms with Crippen molar-refractivity contribution < 1.29 is 19.4 Å². The van der Waals surface area contributed by atoms with Gasteiger partial charge in [-0.05, 0) is 30.9 Å². The summed E-state index contributed by atoms with van der Waals surface area (Å²) in [6.45, 7) is 1.27. The third kappa shape index (κ3) is 4.66. The summed E-state index contributed by atoms with van der Waals surface area (Å²) in [5.41, 5.74) is 1.18. The number of hydrogen-bond acceptors (Lipinski definition) is 5. The quantitative estimate of drug-likeness (QED) is 0.812. The van der Waals surface area contributed by atoms with Gasteiger partial charge in [0.1, 0.15) is 5.69 Å². The predicted octanol–water partition coefficient (Wildman–Crippen LogP) is 1.00. The molecule has 1 unspecified atom stereocenters. The molecule has 1 aliphatic heterocycles. The average molecular weight is 321 g/mol. The fraction of sp³-hybridized carbons (Fsp3) is 0.562. The van der Waals surface area contributed by atoms with Crippen molar-refractivity contribution in [2.45, 2.75) is 12.8 Å². The third-order valence-corrected chi connectivity index (χ3v) is 4.13. The average Bonchev–Trinajstić information content (AvgIpc) is 2.55. The number of carboxylic acid groups (broad SMARTS) is 1. The molecule has 1 atom stereocenters. The molecule has 0 aliphatic carbocycles. The lowest BCUT2D eigenvalue weighted by molar-refractivity contribution is -0.144. The third-order valence-electron chi connectivity index (χ3n) is 4.13. The van der Waals surface area contributed by atoms with Crippen molar-refractivity contribution in [2.75, 3.05) is 38.8 Å². The van der Waals surface area contributed by atoms with E-state index in [0.29, 0.717) is 26.1 Å². The van der Waals surface area contributed by atoms with E-state index in [1.54, 1.807) is 18.3 Å². The molecule has 2 heterocycles. The molecule has 7 nitrogen and oxygen atoms in total. The number of rotatable bonds is 6. The summed E-state index contributed by atoms with van der Waals surface area (Å²) in [6, 6.07) is 3.43. The Morgan fingerprint density at radius 2 is 2.09 bits per heavy atom. The minimum Gasteiger partial charge on any atom is -0.481 e. The van der Waals surface area contributed by atoms with Crippen molar-refractivity contribution in [3.8, 4) is 0 Å². The van der Waals surface area contributed by atoms with Crippen molar-refractivity contribution in [3.63, 3.8) is 0 Å². The van der Waals surface area contributed by atoms with Gasteiger partial charge in [0.05, 0.1) is 17.8 Å². The molecule has 1 aromatic rings. The number of anilines is 1. The molecular formula is C16H23N3O4. The van der Waals surface area contributed by atoms with Crippen LogP contribution in [0.1, 0.15) is 23.3 Å². The number of amides is 1. The Bertz CT molecular complexity index is 539. The van der Waals surface area contributed by atoms with Gasteiger partial charge in [0, 0.05) is 33.9 Å². The van der Waals surface area contributed by atoms with E-state index in [9.17, 15) is 14.7 Å². The highest BCUT2D eigenvalue weighted by atomic mass is 16.5. The topological polar surface area (TPSA) is 91.8 Å². The molecule has 0 spiro atoms. The zero-order valence-electron chi connectivity index (χ0n) is 13.5. The van der Waals surface area contributed by atoms with Crippen LogP contribution in [0.4, 0.5) is 5.69 Å². The minimum atomic E-state index is -0.881. The lowest BCUT2D eigenvalue weighted by atomic mass is 9.86. The Hall–Kier alpha value is -2.15. The zero-order chi connectivity index (χ0) is 16.8. The van der Waals surface area contributed by atoms with Crippen molar-refractivity contribution in [1.82, 2.24) is 10.3 Å². The van der Waals surface area contributed by atoms with Gasteiger partial charge in [0.2, 0.25) is 0 Å². The number of nitrogens with zero attached hydrogens (tertiary/aromatic N) is 2. The summed E-state index contributed by atoms with van der Waals surface area (Å²) in [5, 5.41) is 12.1. The molecule has 1 aromatic heterocycles. The second kappa shape index (κ2) is 7.92. The van der Waals surface area contributed by atoms with E-state index in [4.69, 9.17) is 4.74 Å². The van der Waals surface area contributed by atoms with Gasteiger partial charge in [0.15, 0.2) is 0 Å². The summed E-state index contributed by atoms with van der Waals surface area (Å²) in [7, 11) is 3.78. The van der Waals surface area contributed by atoms with E-state index in [2.05, 4.69) is 10.3 Å². The van der Waals surface area contributed by atoms with Crippen LogP contribution in [-0.4, -0.2) is 55.8 Å². The number of nitrogens with one attached hydrogen (secondary N) is 1. The zero-order valence-corrected chi connectivity index (χ0v) is 13.5. The van der Waals surface area contributed by atoms with Crippen LogP contribution in [-0.2, 0) is 9.53 Å². The van der Waals surface area contributed by atoms with Gasteiger partial charge in [-0.25, -0.2) is 4.98 Å². The van der Waals surface area contributed by atoms with Gasteiger partial charge >= 0.3 is 5.97 Å². The first kappa shape index (κ1) is 17.2. The number of carbonyl (C=O) groups excluding carboxylic acids is 1. The molecule has 0 aromatic carbocycles. The second-order valence-corrected chi connectivity index (χ2v) is 5.90. The van der Waals surface area contributed by atoms with Crippen LogP contribution < -0.4 is 10.2 Å². The number of aromatic nitrogens is 1. The van der Waals surface area contributed by atoms with E-state index >= 15 is 0 Å². The lowest BCUT2D eigenvalue weighted by Crippen LogP contribution is -2.39. The number of aliphatic carboxylic acids is 1. The smallest absolute Gasteiger partial charge is 0.308 e. The van der Waals surface area contributed by atoms with Crippen LogP contribution in [0.2, 0.25) is 0 Å². The molecule has 7 heteroatoms. The van der Waals surface area contributed by atoms with Crippen LogP contribution in [0, 0.1) is 11.8 Å². The van der Waals surface area contributed by atoms with E-state index in [1.807, 2.05) is 19.0 Å². The molecule has 1 aliphatic rings. The predicted molar refractivity (Wildman–Crippen MR) is 85.6 cm³/mol. The molecule has 126 valence electrons. The molecule has 2 N–H and O–H groups in total. The molecule has 0 saturated carbocycles. The molecule has 23 heavy (non-hydrogen) atoms. The van der Waals surface area contributed by atoms with E-state index < -0.39 is 11.9 Å². The normalized spacial score (nSPS) is 16.6. The fourth-order valence-corrected chi connectivity index (χ4v) is 2.65. The maximum absolute atomic E-state index is 12.1. The Labute approximate surface area is 135 Å². The molecule has 0 radical (unpaired) electrons. The molecule has 2 rings (SSSR count). The van der Waals surface area contributed by atoms with E-state index in [0.717, 1.165) is 5.69 Å². The molecular weight excluding hydrogens is 298 g/mol. The van der Waals surface area contributed by atoms with Crippen molar-refractivity contribution in [3.05, 3.63) is 24.0 Å². The maximum atomic E-state index is 12.1. The molecule has 1 amide bonds. The first-order valence-corrected chi connectivity index (χ1v) is 7.71. The van der Waals surface area contributed by atoms with Crippen LogP contribution in [0.15, 0.2) is 18.3 Å². The highest BCUT2D eigenvalue weighted by Crippen LogP contribution is 2.23. The number of carboxylic acids is 1. The largest absolute Gasteiger partial charge is 0.481 e. The van der Waals surface area contributed by atoms with Crippen LogP contribution in [0.25, 0.3) is 0 Å². The van der Waals surface area contributed by atoms with Crippen LogP contribution >= 0.6 is 0 Å². The monoisotopic (exact) mass is 321 g/mol. The van der Waals surface area contributed by atoms with Gasteiger partial charge in [-0.2, -0.15) is 0 Å². The highest BCUT2D eigenvalue weighted by molar-refractivity contribution is 5.92. The van der Waals surface area contributed by atoms with Crippen molar-refractivity contribution in [1.29, 1.82) is 0 Å². The maximum Gasteiger partial charge on any atom is 0.308 e. The van der Waals surface area contributed by atoms with Gasteiger partial charge in [-0.15, -0.1) is 0 Å². The first-order valence-electron chi connectivity index (χ1n) is 7.71. The molecule has 0 bridgehead atoms. The van der Waals surface area contributed by atoms with Crippen molar-refractivity contribution >= 4 is 17.6 Å². The van der Waals surface area contributed by atoms with E-state index in [-0.39, 0.29) is 24.1 Å². The Balaban J connectivity index is 1.94. The Kier molecular flexibility index (Phi) is 5.92. The van der Waals surface area contributed by atoms with Crippen molar-refractivity contribution in [2.24, 2.45) is 11.8 Å². The highest BCUT2D eigenvalue weighted by Gasteiger charge is 2.30. The summed E-state index contributed by atoms with van der Waals surface area (Å²) >= 11 is 0. The Morgan fingerprint density at radius 3 is 2.61 bits per heavy atom. The fourth-order valence-electron chi connectivity index (χ4n) is 2.65. The van der Waals surface area contributed by atoms with Gasteiger partial charge in [-0.3, -0.25) is 9.59 Å². The summed E-state index contributed by atoms with van der Waals surface area (Å²) < 4.78 is 5.26. The van der Waals surface area contributed by atoms with Crippen LogP contribution in [0.3, 0.4) is 0 Å². The Morgan fingerprint density at radius 1 is 1.39 bits per heavy atom. The van der Waals surface area contributed by atoms with E-state index in [1.165, 1.54) is 0 Å². The second-order valence-electron chi connectivity index (χ2n) is 5.90. The summed E-state index contributed by atoms with van der Waals surface area (Å²) in [6.07, 6.45) is 3.04. The van der Waals surface area contributed by atoms with Gasteiger partial charge < -0.3 is 20.1 Å². The lowest BCUT2D eigenvalue weighted by Gasteiger charge is -2.27. The number of ether oxygens (including phenoxy) is 1. The number of pyridine rings is 1. The number of carbonyl (C=O) groups is 2. The number of hydrogen-bond donors (Lipinski definition) is 2. The van der Waals surface area contributed by atoms with Gasteiger partial charge in [-0.1, -0.05) is 0 Å². The summed E-state index contributed by atoms with van der Waals surface area (Å²) in [4.78, 5) is 29.6. The molecule has 1 saturated heterocycles. The standard InChI is InChI=1S/C16H23N3O4/c1-19(2)12-3-4-14(17-9-12)15(20)18-10-13(16(21)22)11-5-7-23-8-6-11/h3-4,9,11,13H,5-8,10H2,1-2H3,(H,18,20)(H,21,22). The first-order chi connectivity index (χ1) is 11.0. The SMILES string of the molecule is CN(C)c1ccc(C(=O)NCC(C(=O)O)C2CCOCC2)nc1.